The van der Waals surface area contributed by atoms with Crippen molar-refractivity contribution in [3.63, 3.8) is 0 Å². The quantitative estimate of drug-likeness (QED) is 0.724. The monoisotopic (exact) mass is 368 g/mol. The van der Waals surface area contributed by atoms with E-state index in [1.165, 1.54) is 0 Å². The summed E-state index contributed by atoms with van der Waals surface area (Å²) < 4.78 is 17.1. The SMILES string of the molecule is Cc1oc(-c2ccccc2)nc1CCNC(=O)c1ccc(S(C)=O)cc1. The van der Waals surface area contributed by atoms with Crippen LogP contribution in [0.15, 0.2) is 63.9 Å². The fraction of sp³-hybridized carbons (Fsp3) is 0.200. The summed E-state index contributed by atoms with van der Waals surface area (Å²) in [4.78, 5) is 17.4. The standard InChI is InChI=1S/C20H20N2O3S/c1-14-18(22-20(25-14)16-6-4-3-5-7-16)12-13-21-19(23)15-8-10-17(11-9-15)26(2)24/h3-11H,12-13H2,1-2H3,(H,21,23). The van der Waals surface area contributed by atoms with Crippen molar-refractivity contribution < 1.29 is 13.4 Å². The number of aryl methyl sites for hydroxylation is 1. The maximum absolute atomic E-state index is 12.2. The molecular formula is C20H20N2O3S. The number of rotatable bonds is 6. The first-order valence-corrected chi connectivity index (χ1v) is 9.84. The van der Waals surface area contributed by atoms with E-state index in [1.807, 2.05) is 37.3 Å². The zero-order valence-corrected chi connectivity index (χ0v) is 15.5. The third-order valence-corrected chi connectivity index (χ3v) is 4.95. The highest BCUT2D eigenvalue weighted by Crippen LogP contribution is 2.21. The molecule has 0 aliphatic carbocycles. The zero-order chi connectivity index (χ0) is 18.5. The predicted octanol–water partition coefficient (Wildman–Crippen LogP) is 3.36. The van der Waals surface area contributed by atoms with Crippen LogP contribution in [0.4, 0.5) is 0 Å². The van der Waals surface area contributed by atoms with Crippen LogP contribution in [0.1, 0.15) is 21.8 Å². The van der Waals surface area contributed by atoms with Crippen molar-refractivity contribution in [2.75, 3.05) is 12.8 Å². The third kappa shape index (κ3) is 4.26. The zero-order valence-electron chi connectivity index (χ0n) is 14.7. The van der Waals surface area contributed by atoms with Crippen LogP contribution in [0.25, 0.3) is 11.5 Å². The van der Waals surface area contributed by atoms with Gasteiger partial charge in [0.1, 0.15) is 5.76 Å². The molecule has 0 aliphatic rings. The van der Waals surface area contributed by atoms with E-state index in [2.05, 4.69) is 10.3 Å². The summed E-state index contributed by atoms with van der Waals surface area (Å²) >= 11 is 0. The smallest absolute Gasteiger partial charge is 0.251 e. The van der Waals surface area contributed by atoms with Crippen molar-refractivity contribution in [2.24, 2.45) is 0 Å². The second-order valence-electron chi connectivity index (χ2n) is 5.87. The lowest BCUT2D eigenvalue weighted by Gasteiger charge is -2.05. The van der Waals surface area contributed by atoms with Gasteiger partial charge in [0, 0.05) is 46.0 Å². The Balaban J connectivity index is 1.59. The van der Waals surface area contributed by atoms with Crippen molar-refractivity contribution in [1.29, 1.82) is 0 Å². The van der Waals surface area contributed by atoms with Crippen LogP contribution in [0, 0.1) is 6.92 Å². The van der Waals surface area contributed by atoms with E-state index in [4.69, 9.17) is 4.42 Å². The maximum atomic E-state index is 12.2. The molecule has 0 saturated carbocycles. The number of oxazole rings is 1. The Morgan fingerprint density at radius 3 is 2.46 bits per heavy atom. The molecule has 0 spiro atoms. The normalized spacial score (nSPS) is 11.9. The molecule has 0 bridgehead atoms. The van der Waals surface area contributed by atoms with Crippen LogP contribution in [0.3, 0.4) is 0 Å². The molecule has 0 radical (unpaired) electrons. The van der Waals surface area contributed by atoms with E-state index in [0.29, 0.717) is 29.3 Å². The molecule has 134 valence electrons. The van der Waals surface area contributed by atoms with Crippen molar-refractivity contribution in [3.05, 3.63) is 71.6 Å². The minimum atomic E-state index is -1.05. The van der Waals surface area contributed by atoms with Crippen LogP contribution >= 0.6 is 0 Å². The molecule has 0 fully saturated rings. The summed E-state index contributed by atoms with van der Waals surface area (Å²) in [7, 11) is -1.05. The summed E-state index contributed by atoms with van der Waals surface area (Å²) in [6, 6.07) is 16.5. The lowest BCUT2D eigenvalue weighted by molar-refractivity contribution is 0.0954. The molecule has 1 heterocycles. The molecule has 5 nitrogen and oxygen atoms in total. The van der Waals surface area contributed by atoms with Crippen LogP contribution in [0.5, 0.6) is 0 Å². The fourth-order valence-electron chi connectivity index (χ4n) is 2.56. The van der Waals surface area contributed by atoms with Crippen molar-refractivity contribution in [3.8, 4) is 11.5 Å². The summed E-state index contributed by atoms with van der Waals surface area (Å²) in [5, 5.41) is 2.88. The van der Waals surface area contributed by atoms with E-state index >= 15 is 0 Å². The number of hydrogen-bond donors (Lipinski definition) is 1. The van der Waals surface area contributed by atoms with Gasteiger partial charge in [-0.2, -0.15) is 0 Å². The van der Waals surface area contributed by atoms with E-state index < -0.39 is 10.8 Å². The Morgan fingerprint density at radius 1 is 1.12 bits per heavy atom. The molecule has 6 heteroatoms. The Bertz CT molecular complexity index is 918. The van der Waals surface area contributed by atoms with Gasteiger partial charge in [0.05, 0.1) is 5.69 Å². The predicted molar refractivity (Wildman–Crippen MR) is 101 cm³/mol. The van der Waals surface area contributed by atoms with E-state index in [1.54, 1.807) is 30.5 Å². The largest absolute Gasteiger partial charge is 0.441 e. The van der Waals surface area contributed by atoms with Crippen LogP contribution in [-0.4, -0.2) is 27.9 Å². The molecule has 1 amide bonds. The summed E-state index contributed by atoms with van der Waals surface area (Å²) in [5.74, 6) is 1.18. The minimum absolute atomic E-state index is 0.164. The van der Waals surface area contributed by atoms with Crippen LogP contribution < -0.4 is 5.32 Å². The molecule has 26 heavy (non-hydrogen) atoms. The number of nitrogens with one attached hydrogen (secondary N) is 1. The highest BCUT2D eigenvalue weighted by molar-refractivity contribution is 7.84. The van der Waals surface area contributed by atoms with Gasteiger partial charge in [0.2, 0.25) is 5.89 Å². The fourth-order valence-corrected chi connectivity index (χ4v) is 3.08. The van der Waals surface area contributed by atoms with Gasteiger partial charge in [-0.25, -0.2) is 4.98 Å². The van der Waals surface area contributed by atoms with E-state index in [-0.39, 0.29) is 5.91 Å². The molecule has 1 N–H and O–H groups in total. The Morgan fingerprint density at radius 2 is 1.81 bits per heavy atom. The van der Waals surface area contributed by atoms with Crippen molar-refractivity contribution in [1.82, 2.24) is 10.3 Å². The molecule has 1 aromatic heterocycles. The molecule has 0 saturated heterocycles. The number of nitrogens with zero attached hydrogens (tertiary/aromatic N) is 1. The van der Waals surface area contributed by atoms with Gasteiger partial charge < -0.3 is 9.73 Å². The van der Waals surface area contributed by atoms with Gasteiger partial charge in [-0.15, -0.1) is 0 Å². The molecule has 2 aromatic carbocycles. The number of hydrogen-bond acceptors (Lipinski definition) is 4. The molecule has 3 aromatic rings. The molecule has 0 aliphatic heterocycles. The number of carbonyl (C=O) groups excluding carboxylic acids is 1. The molecular weight excluding hydrogens is 348 g/mol. The first kappa shape index (κ1) is 18.1. The first-order chi connectivity index (χ1) is 12.5. The van der Waals surface area contributed by atoms with Crippen molar-refractivity contribution >= 4 is 16.7 Å². The molecule has 3 rings (SSSR count). The number of amides is 1. The molecule has 1 atom stereocenters. The highest BCUT2D eigenvalue weighted by Gasteiger charge is 2.12. The van der Waals surface area contributed by atoms with E-state index in [9.17, 15) is 9.00 Å². The van der Waals surface area contributed by atoms with Crippen molar-refractivity contribution in [2.45, 2.75) is 18.2 Å². The van der Waals surface area contributed by atoms with Gasteiger partial charge in [0.25, 0.3) is 5.91 Å². The average Bonchev–Trinajstić information content (AvgIpc) is 3.03. The maximum Gasteiger partial charge on any atom is 0.251 e. The summed E-state index contributed by atoms with van der Waals surface area (Å²) in [6.07, 6.45) is 2.20. The van der Waals surface area contributed by atoms with Gasteiger partial charge in [0.15, 0.2) is 0 Å². The van der Waals surface area contributed by atoms with Gasteiger partial charge >= 0.3 is 0 Å². The van der Waals surface area contributed by atoms with Gasteiger partial charge in [-0.05, 0) is 43.3 Å². The average molecular weight is 368 g/mol. The Hall–Kier alpha value is -2.73. The summed E-state index contributed by atoms with van der Waals surface area (Å²) in [6.45, 7) is 2.34. The van der Waals surface area contributed by atoms with E-state index in [0.717, 1.165) is 17.0 Å². The van der Waals surface area contributed by atoms with Crippen LogP contribution in [-0.2, 0) is 17.2 Å². The topological polar surface area (TPSA) is 72.2 Å². The summed E-state index contributed by atoms with van der Waals surface area (Å²) in [5.41, 5.74) is 2.31. The highest BCUT2D eigenvalue weighted by atomic mass is 32.2. The lowest BCUT2D eigenvalue weighted by Crippen LogP contribution is -2.25. The Kier molecular flexibility index (Phi) is 5.63. The number of carbonyl (C=O) groups is 1. The second-order valence-corrected chi connectivity index (χ2v) is 7.25. The Labute approximate surface area is 154 Å². The molecule has 1 unspecified atom stereocenters. The lowest BCUT2D eigenvalue weighted by atomic mass is 10.2. The van der Waals surface area contributed by atoms with Gasteiger partial charge in [-0.1, -0.05) is 18.2 Å². The number of benzene rings is 2. The second kappa shape index (κ2) is 8.10. The van der Waals surface area contributed by atoms with Gasteiger partial charge in [-0.3, -0.25) is 9.00 Å². The minimum Gasteiger partial charge on any atom is -0.441 e. The number of aromatic nitrogens is 1. The third-order valence-electron chi connectivity index (χ3n) is 4.01. The van der Waals surface area contributed by atoms with Crippen LogP contribution in [0.2, 0.25) is 0 Å². The first-order valence-electron chi connectivity index (χ1n) is 8.28.